The minimum atomic E-state index is -0.307. The number of amides is 1. The average molecular weight is 368 g/mol. The second kappa shape index (κ2) is 7.75. The second-order valence-electron chi connectivity index (χ2n) is 6.53. The molecule has 6 nitrogen and oxygen atoms in total. The average Bonchev–Trinajstić information content (AvgIpc) is 3.09. The van der Waals surface area contributed by atoms with E-state index in [2.05, 4.69) is 10.2 Å². The third-order valence-electron chi connectivity index (χ3n) is 4.62. The summed E-state index contributed by atoms with van der Waals surface area (Å²) in [4.78, 5) is 19.2. The van der Waals surface area contributed by atoms with Gasteiger partial charge >= 0.3 is 0 Å². The molecular formula is C20H21FN4O2. The Morgan fingerprint density at radius 1 is 1.19 bits per heavy atom. The van der Waals surface area contributed by atoms with Crippen LogP contribution < -0.4 is 10.2 Å². The summed E-state index contributed by atoms with van der Waals surface area (Å²) in [5, 5.41) is 3.82. The number of anilines is 1. The van der Waals surface area contributed by atoms with Gasteiger partial charge in [-0.2, -0.15) is 0 Å². The smallest absolute Gasteiger partial charge is 0.240 e. The Balaban J connectivity index is 1.45. The number of morpholine rings is 1. The van der Waals surface area contributed by atoms with E-state index >= 15 is 0 Å². The normalized spacial score (nSPS) is 14.5. The van der Waals surface area contributed by atoms with Crippen molar-refractivity contribution >= 4 is 22.8 Å². The first-order chi connectivity index (χ1) is 13.2. The van der Waals surface area contributed by atoms with Gasteiger partial charge in [0, 0.05) is 31.2 Å². The van der Waals surface area contributed by atoms with Crippen LogP contribution in [0.4, 0.5) is 10.2 Å². The number of hydrogen-bond donors (Lipinski definition) is 1. The van der Waals surface area contributed by atoms with Gasteiger partial charge < -0.3 is 19.5 Å². The van der Waals surface area contributed by atoms with Gasteiger partial charge in [0.2, 0.25) is 5.91 Å². The van der Waals surface area contributed by atoms with Gasteiger partial charge in [-0.05, 0) is 35.9 Å². The number of hydrogen-bond acceptors (Lipinski definition) is 4. The van der Waals surface area contributed by atoms with Crippen molar-refractivity contribution in [3.05, 3.63) is 60.0 Å². The van der Waals surface area contributed by atoms with Crippen LogP contribution in [0, 0.1) is 5.82 Å². The number of nitrogens with one attached hydrogen (secondary N) is 1. The summed E-state index contributed by atoms with van der Waals surface area (Å²) in [7, 11) is 0. The van der Waals surface area contributed by atoms with E-state index in [1.165, 1.54) is 12.1 Å². The lowest BCUT2D eigenvalue weighted by Gasteiger charge is -2.27. The van der Waals surface area contributed by atoms with E-state index in [1.807, 2.05) is 29.0 Å². The van der Waals surface area contributed by atoms with Crippen molar-refractivity contribution in [2.75, 3.05) is 31.2 Å². The molecule has 0 unspecified atom stereocenters. The highest BCUT2D eigenvalue weighted by molar-refractivity contribution is 5.82. The van der Waals surface area contributed by atoms with Crippen molar-refractivity contribution in [3.8, 4) is 0 Å². The lowest BCUT2D eigenvalue weighted by Crippen LogP contribution is -2.36. The molecule has 1 aromatic carbocycles. The minimum absolute atomic E-state index is 0.143. The summed E-state index contributed by atoms with van der Waals surface area (Å²) in [6, 6.07) is 12.2. The van der Waals surface area contributed by atoms with E-state index in [4.69, 9.17) is 9.72 Å². The number of carbonyl (C=O) groups is 1. The fraction of sp³-hybridized carbons (Fsp3) is 0.300. The summed E-state index contributed by atoms with van der Waals surface area (Å²) in [5.41, 5.74) is 1.51. The Kier molecular flexibility index (Phi) is 5.02. The maximum atomic E-state index is 13.2. The van der Waals surface area contributed by atoms with Crippen LogP contribution in [0.15, 0.2) is 48.7 Å². The highest BCUT2D eigenvalue weighted by Crippen LogP contribution is 2.20. The molecule has 1 aliphatic rings. The van der Waals surface area contributed by atoms with E-state index in [1.54, 1.807) is 12.1 Å². The highest BCUT2D eigenvalue weighted by Gasteiger charge is 2.14. The molecule has 1 amide bonds. The minimum Gasteiger partial charge on any atom is -0.378 e. The Bertz CT molecular complexity index is 950. The van der Waals surface area contributed by atoms with Gasteiger partial charge in [0.25, 0.3) is 0 Å². The van der Waals surface area contributed by atoms with E-state index in [0.29, 0.717) is 19.8 Å². The molecule has 0 bridgehead atoms. The van der Waals surface area contributed by atoms with Crippen molar-refractivity contribution in [2.24, 2.45) is 0 Å². The van der Waals surface area contributed by atoms with Gasteiger partial charge in [0.05, 0.1) is 13.2 Å². The molecule has 1 N–H and O–H groups in total. The molecule has 1 saturated heterocycles. The summed E-state index contributed by atoms with van der Waals surface area (Å²) >= 11 is 0. The molecule has 1 aliphatic heterocycles. The fourth-order valence-electron chi connectivity index (χ4n) is 3.20. The summed E-state index contributed by atoms with van der Waals surface area (Å²) in [5.74, 6) is 0.444. The topological polar surface area (TPSA) is 59.4 Å². The lowest BCUT2D eigenvalue weighted by molar-refractivity contribution is -0.121. The molecule has 7 heteroatoms. The van der Waals surface area contributed by atoms with Crippen LogP contribution in [0.1, 0.15) is 5.56 Å². The zero-order valence-corrected chi connectivity index (χ0v) is 14.9. The molecule has 0 spiro atoms. The Labute approximate surface area is 156 Å². The SMILES string of the molecule is O=C(Cn1ccc2ccc(N3CCOCC3)nc21)NCc1cccc(F)c1. The second-order valence-corrected chi connectivity index (χ2v) is 6.53. The molecule has 27 heavy (non-hydrogen) atoms. The number of halogens is 1. The van der Waals surface area contributed by atoms with Gasteiger partial charge in [0.1, 0.15) is 23.8 Å². The molecule has 0 atom stereocenters. The molecule has 0 radical (unpaired) electrons. The van der Waals surface area contributed by atoms with Gasteiger partial charge in [-0.15, -0.1) is 0 Å². The van der Waals surface area contributed by atoms with Crippen LogP contribution in [0.25, 0.3) is 11.0 Å². The van der Waals surface area contributed by atoms with Gasteiger partial charge in [-0.3, -0.25) is 4.79 Å². The van der Waals surface area contributed by atoms with E-state index in [0.717, 1.165) is 35.5 Å². The monoisotopic (exact) mass is 368 g/mol. The van der Waals surface area contributed by atoms with Crippen molar-refractivity contribution in [1.29, 1.82) is 0 Å². The third kappa shape index (κ3) is 4.09. The first-order valence-corrected chi connectivity index (χ1v) is 8.99. The molecule has 3 heterocycles. The first kappa shape index (κ1) is 17.5. The van der Waals surface area contributed by atoms with Crippen LogP contribution in [0.2, 0.25) is 0 Å². The standard InChI is InChI=1S/C20H21FN4O2/c21-17-3-1-2-15(12-17)13-22-19(26)14-25-7-6-16-4-5-18(23-20(16)25)24-8-10-27-11-9-24/h1-7,12H,8-11,13-14H2,(H,22,26). The maximum Gasteiger partial charge on any atom is 0.240 e. The number of ether oxygens (including phenoxy) is 1. The number of fused-ring (bicyclic) bond motifs is 1. The quantitative estimate of drug-likeness (QED) is 0.751. The Morgan fingerprint density at radius 3 is 2.85 bits per heavy atom. The third-order valence-corrected chi connectivity index (χ3v) is 4.62. The molecule has 1 fully saturated rings. The molecule has 0 aliphatic carbocycles. The Hall–Kier alpha value is -2.93. The number of carbonyl (C=O) groups excluding carboxylic acids is 1. The first-order valence-electron chi connectivity index (χ1n) is 8.99. The zero-order valence-electron chi connectivity index (χ0n) is 14.9. The molecule has 4 rings (SSSR count). The lowest BCUT2D eigenvalue weighted by atomic mass is 10.2. The van der Waals surface area contributed by atoms with Crippen molar-refractivity contribution in [2.45, 2.75) is 13.1 Å². The molecule has 2 aromatic heterocycles. The molecule has 140 valence electrons. The van der Waals surface area contributed by atoms with Crippen LogP contribution in [-0.2, 0) is 22.6 Å². The predicted octanol–water partition coefficient (Wildman–Crippen LogP) is 2.33. The number of aromatic nitrogens is 2. The fourth-order valence-corrected chi connectivity index (χ4v) is 3.20. The molecule has 3 aromatic rings. The van der Waals surface area contributed by atoms with Gasteiger partial charge in [-0.1, -0.05) is 12.1 Å². The maximum absolute atomic E-state index is 13.2. The van der Waals surface area contributed by atoms with Crippen LogP contribution in [-0.4, -0.2) is 41.8 Å². The predicted molar refractivity (Wildman–Crippen MR) is 101 cm³/mol. The number of benzene rings is 1. The number of rotatable bonds is 5. The van der Waals surface area contributed by atoms with Crippen molar-refractivity contribution in [1.82, 2.24) is 14.9 Å². The van der Waals surface area contributed by atoms with Gasteiger partial charge in [0.15, 0.2) is 0 Å². The van der Waals surface area contributed by atoms with E-state index in [-0.39, 0.29) is 18.3 Å². The zero-order chi connectivity index (χ0) is 18.6. The summed E-state index contributed by atoms with van der Waals surface area (Å²) in [6.45, 7) is 3.48. The summed E-state index contributed by atoms with van der Waals surface area (Å²) < 4.78 is 20.4. The van der Waals surface area contributed by atoms with Crippen LogP contribution in [0.5, 0.6) is 0 Å². The summed E-state index contributed by atoms with van der Waals surface area (Å²) in [6.07, 6.45) is 1.86. The molecular weight excluding hydrogens is 347 g/mol. The van der Waals surface area contributed by atoms with E-state index < -0.39 is 0 Å². The largest absolute Gasteiger partial charge is 0.378 e. The molecule has 0 saturated carbocycles. The van der Waals surface area contributed by atoms with Crippen LogP contribution in [0.3, 0.4) is 0 Å². The van der Waals surface area contributed by atoms with E-state index in [9.17, 15) is 9.18 Å². The Morgan fingerprint density at radius 2 is 2.04 bits per heavy atom. The van der Waals surface area contributed by atoms with Crippen LogP contribution >= 0.6 is 0 Å². The number of nitrogens with zero attached hydrogens (tertiary/aromatic N) is 3. The highest BCUT2D eigenvalue weighted by atomic mass is 19.1. The van der Waals surface area contributed by atoms with Gasteiger partial charge in [-0.25, -0.2) is 9.37 Å². The van der Waals surface area contributed by atoms with Crippen molar-refractivity contribution < 1.29 is 13.9 Å². The van der Waals surface area contributed by atoms with Crippen molar-refractivity contribution in [3.63, 3.8) is 0 Å². The number of pyridine rings is 1.